The van der Waals surface area contributed by atoms with Crippen molar-refractivity contribution in [3.05, 3.63) is 59.5 Å². The molecule has 18 heavy (non-hydrogen) atoms. The SMILES string of the molecule is NC(=O)c1ccc(CNC(=O)c2ccco2)cc1. The van der Waals surface area contributed by atoms with Crippen LogP contribution in [0.2, 0.25) is 0 Å². The van der Waals surface area contributed by atoms with Crippen LogP contribution in [0.15, 0.2) is 47.1 Å². The Morgan fingerprint density at radius 2 is 1.89 bits per heavy atom. The zero-order valence-corrected chi connectivity index (χ0v) is 9.55. The lowest BCUT2D eigenvalue weighted by Gasteiger charge is -2.04. The zero-order chi connectivity index (χ0) is 13.0. The highest BCUT2D eigenvalue weighted by molar-refractivity contribution is 5.93. The van der Waals surface area contributed by atoms with E-state index < -0.39 is 5.91 Å². The van der Waals surface area contributed by atoms with Gasteiger partial charge < -0.3 is 15.5 Å². The van der Waals surface area contributed by atoms with Crippen molar-refractivity contribution in [2.24, 2.45) is 5.73 Å². The zero-order valence-electron chi connectivity index (χ0n) is 9.55. The van der Waals surface area contributed by atoms with Gasteiger partial charge in [0.1, 0.15) is 0 Å². The van der Waals surface area contributed by atoms with Crippen LogP contribution in [0.5, 0.6) is 0 Å². The van der Waals surface area contributed by atoms with Crippen LogP contribution < -0.4 is 11.1 Å². The molecule has 2 amide bonds. The van der Waals surface area contributed by atoms with E-state index in [0.29, 0.717) is 12.1 Å². The third-order valence-electron chi connectivity index (χ3n) is 2.44. The Hall–Kier alpha value is -2.56. The predicted octanol–water partition coefficient (Wildman–Crippen LogP) is 1.31. The van der Waals surface area contributed by atoms with E-state index >= 15 is 0 Å². The maximum atomic E-state index is 11.6. The van der Waals surface area contributed by atoms with Gasteiger partial charge in [0, 0.05) is 12.1 Å². The number of rotatable bonds is 4. The fourth-order valence-corrected chi connectivity index (χ4v) is 1.46. The van der Waals surface area contributed by atoms with Gasteiger partial charge in [0.05, 0.1) is 6.26 Å². The molecular formula is C13H12N2O3. The Bertz CT molecular complexity index is 544. The van der Waals surface area contributed by atoms with Gasteiger partial charge in [-0.3, -0.25) is 9.59 Å². The number of carbonyl (C=O) groups excluding carboxylic acids is 2. The van der Waals surface area contributed by atoms with E-state index in [9.17, 15) is 9.59 Å². The number of hydrogen-bond acceptors (Lipinski definition) is 3. The Labute approximate surface area is 104 Å². The monoisotopic (exact) mass is 244 g/mol. The molecule has 0 aliphatic carbocycles. The number of carbonyl (C=O) groups is 2. The highest BCUT2D eigenvalue weighted by Crippen LogP contribution is 2.05. The van der Waals surface area contributed by atoms with Gasteiger partial charge in [0.15, 0.2) is 5.76 Å². The molecule has 0 aliphatic rings. The van der Waals surface area contributed by atoms with E-state index in [4.69, 9.17) is 10.2 Å². The van der Waals surface area contributed by atoms with E-state index in [1.54, 1.807) is 36.4 Å². The molecular weight excluding hydrogens is 232 g/mol. The molecule has 0 saturated carbocycles. The largest absolute Gasteiger partial charge is 0.459 e. The van der Waals surface area contributed by atoms with Crippen LogP contribution in [-0.2, 0) is 6.54 Å². The molecule has 3 N–H and O–H groups in total. The van der Waals surface area contributed by atoms with E-state index in [0.717, 1.165) is 5.56 Å². The molecule has 0 fully saturated rings. The third-order valence-corrected chi connectivity index (χ3v) is 2.44. The molecule has 2 aromatic rings. The lowest BCUT2D eigenvalue weighted by atomic mass is 10.1. The van der Waals surface area contributed by atoms with Gasteiger partial charge >= 0.3 is 0 Å². The molecule has 0 spiro atoms. The molecule has 5 heteroatoms. The molecule has 0 aliphatic heterocycles. The van der Waals surface area contributed by atoms with Crippen molar-refractivity contribution in [2.75, 3.05) is 0 Å². The fraction of sp³-hybridized carbons (Fsp3) is 0.0769. The summed E-state index contributed by atoms with van der Waals surface area (Å²) in [6, 6.07) is 9.96. The van der Waals surface area contributed by atoms with Crippen LogP contribution in [0.3, 0.4) is 0 Å². The first kappa shape index (κ1) is 11.9. The summed E-state index contributed by atoms with van der Waals surface area (Å²) >= 11 is 0. The molecule has 0 atom stereocenters. The summed E-state index contributed by atoms with van der Waals surface area (Å²) in [6.45, 7) is 0.360. The maximum absolute atomic E-state index is 11.6. The minimum atomic E-state index is -0.471. The Morgan fingerprint density at radius 1 is 1.17 bits per heavy atom. The summed E-state index contributed by atoms with van der Waals surface area (Å²) in [7, 11) is 0. The van der Waals surface area contributed by atoms with Crippen molar-refractivity contribution in [3.63, 3.8) is 0 Å². The van der Waals surface area contributed by atoms with Crippen molar-refractivity contribution < 1.29 is 14.0 Å². The molecule has 5 nitrogen and oxygen atoms in total. The molecule has 0 radical (unpaired) electrons. The van der Waals surface area contributed by atoms with Crippen molar-refractivity contribution in [1.82, 2.24) is 5.32 Å². The van der Waals surface area contributed by atoms with E-state index in [2.05, 4.69) is 5.32 Å². The average Bonchev–Trinajstić information content (AvgIpc) is 2.90. The van der Waals surface area contributed by atoms with Crippen LogP contribution in [-0.4, -0.2) is 11.8 Å². The van der Waals surface area contributed by atoms with Crippen LogP contribution in [0.1, 0.15) is 26.5 Å². The molecule has 1 aromatic heterocycles. The van der Waals surface area contributed by atoms with Crippen molar-refractivity contribution in [2.45, 2.75) is 6.54 Å². The van der Waals surface area contributed by atoms with Gasteiger partial charge in [-0.25, -0.2) is 0 Å². The highest BCUT2D eigenvalue weighted by Gasteiger charge is 2.07. The topological polar surface area (TPSA) is 85.3 Å². The second-order valence-corrected chi connectivity index (χ2v) is 3.72. The van der Waals surface area contributed by atoms with Crippen LogP contribution in [0.4, 0.5) is 0 Å². The smallest absolute Gasteiger partial charge is 0.287 e. The summed E-state index contributed by atoms with van der Waals surface area (Å²) in [4.78, 5) is 22.4. The average molecular weight is 244 g/mol. The van der Waals surface area contributed by atoms with Crippen molar-refractivity contribution in [1.29, 1.82) is 0 Å². The second-order valence-electron chi connectivity index (χ2n) is 3.72. The Morgan fingerprint density at radius 3 is 2.44 bits per heavy atom. The van der Waals surface area contributed by atoms with Crippen LogP contribution in [0.25, 0.3) is 0 Å². The fourth-order valence-electron chi connectivity index (χ4n) is 1.46. The lowest BCUT2D eigenvalue weighted by Crippen LogP contribution is -2.22. The van der Waals surface area contributed by atoms with Gasteiger partial charge in [-0.1, -0.05) is 12.1 Å². The van der Waals surface area contributed by atoms with Crippen LogP contribution in [0, 0.1) is 0 Å². The van der Waals surface area contributed by atoms with Crippen molar-refractivity contribution >= 4 is 11.8 Å². The van der Waals surface area contributed by atoms with E-state index in [1.165, 1.54) is 6.26 Å². The summed E-state index contributed by atoms with van der Waals surface area (Å²) in [6.07, 6.45) is 1.44. The molecule has 92 valence electrons. The second kappa shape index (κ2) is 5.18. The van der Waals surface area contributed by atoms with Gasteiger partial charge in [0.25, 0.3) is 5.91 Å². The minimum Gasteiger partial charge on any atom is -0.459 e. The standard InChI is InChI=1S/C13H12N2O3/c14-12(16)10-5-3-9(4-6-10)8-15-13(17)11-2-1-7-18-11/h1-7H,8H2,(H2,14,16)(H,15,17). The van der Waals surface area contributed by atoms with E-state index in [1.807, 2.05) is 0 Å². The number of nitrogens with two attached hydrogens (primary N) is 1. The predicted molar refractivity (Wildman–Crippen MR) is 64.8 cm³/mol. The summed E-state index contributed by atoms with van der Waals surface area (Å²) < 4.78 is 4.96. The normalized spacial score (nSPS) is 10.0. The highest BCUT2D eigenvalue weighted by atomic mass is 16.3. The first-order chi connectivity index (χ1) is 8.66. The number of furan rings is 1. The van der Waals surface area contributed by atoms with Gasteiger partial charge in [0.2, 0.25) is 5.91 Å². The molecule has 1 aromatic carbocycles. The number of hydrogen-bond donors (Lipinski definition) is 2. The van der Waals surface area contributed by atoms with Crippen molar-refractivity contribution in [3.8, 4) is 0 Å². The number of amides is 2. The van der Waals surface area contributed by atoms with E-state index in [-0.39, 0.29) is 11.7 Å². The lowest BCUT2D eigenvalue weighted by molar-refractivity contribution is 0.0922. The third kappa shape index (κ3) is 2.76. The summed E-state index contributed by atoms with van der Waals surface area (Å²) in [5, 5.41) is 2.70. The number of benzene rings is 1. The summed E-state index contributed by atoms with van der Waals surface area (Å²) in [5.41, 5.74) is 6.44. The van der Waals surface area contributed by atoms with Gasteiger partial charge in [-0.2, -0.15) is 0 Å². The maximum Gasteiger partial charge on any atom is 0.287 e. The molecule has 0 saturated heterocycles. The molecule has 0 bridgehead atoms. The molecule has 0 unspecified atom stereocenters. The first-order valence-corrected chi connectivity index (χ1v) is 5.37. The van der Waals surface area contributed by atoms with Gasteiger partial charge in [-0.15, -0.1) is 0 Å². The molecule has 2 rings (SSSR count). The van der Waals surface area contributed by atoms with Crippen LogP contribution >= 0.6 is 0 Å². The quantitative estimate of drug-likeness (QED) is 0.850. The minimum absolute atomic E-state index is 0.267. The van der Waals surface area contributed by atoms with Gasteiger partial charge in [-0.05, 0) is 29.8 Å². The summed E-state index contributed by atoms with van der Waals surface area (Å²) in [5.74, 6) is -0.482. The first-order valence-electron chi connectivity index (χ1n) is 5.37. The molecule has 1 heterocycles. The Balaban J connectivity index is 1.94. The number of primary amides is 1. The Kier molecular flexibility index (Phi) is 3.43. The number of nitrogens with one attached hydrogen (secondary N) is 1.